The number of hydrogen-bond donors (Lipinski definition) is 3. The third kappa shape index (κ3) is 13.2. The van der Waals surface area contributed by atoms with Crippen molar-refractivity contribution >= 4 is 10.1 Å². The molecule has 0 saturated carbocycles. The molecular formula is C58H63F3O13S. The van der Waals surface area contributed by atoms with Crippen molar-refractivity contribution in [1.82, 2.24) is 0 Å². The molecule has 0 spiro atoms. The van der Waals surface area contributed by atoms with Gasteiger partial charge in [-0.25, -0.2) is 0 Å². The van der Waals surface area contributed by atoms with E-state index in [2.05, 4.69) is 0 Å². The van der Waals surface area contributed by atoms with E-state index in [1.807, 2.05) is 91.0 Å². The largest absolute Gasteiger partial charge is 0.523 e. The zero-order valence-electron chi connectivity index (χ0n) is 41.5. The van der Waals surface area contributed by atoms with Crippen LogP contribution in [0.25, 0.3) is 0 Å². The fourth-order valence-electron chi connectivity index (χ4n) is 10.3. The maximum atomic E-state index is 14.2. The molecule has 0 bridgehead atoms. The van der Waals surface area contributed by atoms with Crippen LogP contribution in [0.4, 0.5) is 13.2 Å². The summed E-state index contributed by atoms with van der Waals surface area (Å²) in [5, 5.41) is 40.5. The van der Waals surface area contributed by atoms with Crippen molar-refractivity contribution in [2.24, 2.45) is 5.92 Å². The molecule has 0 aromatic heterocycles. The fourth-order valence-corrected chi connectivity index (χ4v) is 10.7. The predicted octanol–water partition coefficient (Wildman–Crippen LogP) is 7.93. The second-order valence-electron chi connectivity index (χ2n) is 18.9. The van der Waals surface area contributed by atoms with Gasteiger partial charge in [0.15, 0.2) is 6.29 Å². The van der Waals surface area contributed by atoms with E-state index in [-0.39, 0.29) is 26.2 Å². The van der Waals surface area contributed by atoms with Crippen LogP contribution in [0, 0.1) is 5.92 Å². The number of aliphatic hydroxyl groups excluding tert-OH is 1. The van der Waals surface area contributed by atoms with E-state index in [9.17, 15) is 36.9 Å². The number of halogens is 3. The van der Waals surface area contributed by atoms with Crippen molar-refractivity contribution in [1.29, 1.82) is 0 Å². The minimum absolute atomic E-state index is 0.000684. The van der Waals surface area contributed by atoms with Crippen molar-refractivity contribution in [2.75, 3.05) is 20.8 Å². The van der Waals surface area contributed by atoms with Crippen molar-refractivity contribution < 1.29 is 74.2 Å². The Morgan fingerprint density at radius 1 is 0.547 bits per heavy atom. The van der Waals surface area contributed by atoms with Gasteiger partial charge in [0.25, 0.3) is 0 Å². The van der Waals surface area contributed by atoms with Gasteiger partial charge in [0.2, 0.25) is 0 Å². The minimum atomic E-state index is -6.31. The van der Waals surface area contributed by atoms with Crippen molar-refractivity contribution in [3.8, 4) is 0 Å². The van der Waals surface area contributed by atoms with Crippen LogP contribution in [-0.4, -0.2) is 116 Å². The predicted molar refractivity (Wildman–Crippen MR) is 271 cm³/mol. The molecule has 8 rings (SSSR count). The molecule has 0 amide bonds. The molecule has 400 valence electrons. The molecule has 2 fully saturated rings. The standard InChI is InChI=1S/C58H63F3O13S/c1-67-52(51-49(69-36-43-27-15-6-16-28-43)50(70-37-44-29-17-7-18-30-44)53(55(68-2)74-51)71-38-45-31-19-8-20-32-45)54-57(64,35-42-25-13-5-14-26-42)56(63,34-41-23-11-4-12-24-41)46(39-72-75(65,66)58(59,60)61)48(73-54)47(62)33-40-21-9-3-10-22-40/h3-32,46-55,62-64H,33-39H2,1-2H3/t46-,47?,48+,49+,50+,51+,52?,53-,54+,55+,56+,57+/m1/s1. The van der Waals surface area contributed by atoms with E-state index >= 15 is 0 Å². The van der Waals surface area contributed by atoms with Crippen molar-refractivity contribution in [3.05, 3.63) is 215 Å². The Hall–Kier alpha value is -5.38. The molecule has 3 N–H and O–H groups in total. The number of alkyl halides is 3. The first-order valence-electron chi connectivity index (χ1n) is 24.7. The van der Waals surface area contributed by atoms with Gasteiger partial charge < -0.3 is 48.5 Å². The fraction of sp³-hybridized carbons (Fsp3) is 0.379. The number of rotatable bonds is 23. The number of benzene rings is 6. The molecule has 17 heteroatoms. The summed E-state index contributed by atoms with van der Waals surface area (Å²) in [4.78, 5) is 0. The molecule has 6 aromatic rings. The van der Waals surface area contributed by atoms with E-state index in [1.54, 1.807) is 91.0 Å². The summed E-state index contributed by atoms with van der Waals surface area (Å²) in [6, 6.07) is 53.7. The first kappa shape index (κ1) is 55.8. The van der Waals surface area contributed by atoms with E-state index in [0.717, 1.165) is 16.7 Å². The van der Waals surface area contributed by atoms with Crippen LogP contribution in [0.15, 0.2) is 182 Å². The number of hydrogen-bond acceptors (Lipinski definition) is 13. The van der Waals surface area contributed by atoms with Gasteiger partial charge in [0.05, 0.1) is 38.6 Å². The topological polar surface area (TPSA) is 169 Å². The SMILES string of the molecule is COC([C@H]1O[C@H](OC)[C@H](OCc2ccccc2)[C@@H](OCc2ccccc2)[C@@H]1OCc1ccccc1)[C@@H]1O[C@H](C(O)Cc2ccccc2)[C@@H](COS(=O)(=O)C(F)(F)F)[C@@](O)(Cc2ccccc2)[C@]1(O)Cc1ccccc1. The van der Waals surface area contributed by atoms with Gasteiger partial charge >= 0.3 is 15.6 Å². The van der Waals surface area contributed by atoms with Gasteiger partial charge in [0.1, 0.15) is 47.8 Å². The van der Waals surface area contributed by atoms with Gasteiger partial charge in [-0.15, -0.1) is 0 Å². The zero-order chi connectivity index (χ0) is 53.1. The average Bonchev–Trinajstić information content (AvgIpc) is 3.44. The normalized spacial score (nSPS) is 27.1. The van der Waals surface area contributed by atoms with E-state index < -0.39 is 107 Å². The van der Waals surface area contributed by atoms with Crippen LogP contribution in [0.3, 0.4) is 0 Å². The molecule has 12 atom stereocenters. The zero-order valence-corrected chi connectivity index (χ0v) is 42.3. The summed E-state index contributed by atoms with van der Waals surface area (Å²) in [7, 11) is -3.54. The lowest BCUT2D eigenvalue weighted by atomic mass is 9.60. The maximum Gasteiger partial charge on any atom is 0.523 e. The Bertz CT molecular complexity index is 2750. The van der Waals surface area contributed by atoms with Gasteiger partial charge in [-0.05, 0) is 33.4 Å². The van der Waals surface area contributed by atoms with Crippen LogP contribution < -0.4 is 0 Å². The van der Waals surface area contributed by atoms with Crippen molar-refractivity contribution in [3.63, 3.8) is 0 Å². The molecule has 6 aromatic carbocycles. The molecule has 13 nitrogen and oxygen atoms in total. The third-order valence-corrected chi connectivity index (χ3v) is 15.0. The molecule has 2 heterocycles. The summed E-state index contributed by atoms with van der Waals surface area (Å²) in [6.07, 6.45) is -13.7. The van der Waals surface area contributed by atoms with Gasteiger partial charge in [-0.1, -0.05) is 182 Å². The van der Waals surface area contributed by atoms with Gasteiger partial charge in [0, 0.05) is 39.4 Å². The highest BCUT2D eigenvalue weighted by molar-refractivity contribution is 7.87. The summed E-state index contributed by atoms with van der Waals surface area (Å²) in [5.74, 6) is -1.89. The van der Waals surface area contributed by atoms with E-state index in [4.69, 9.17) is 37.3 Å². The lowest BCUT2D eigenvalue weighted by Crippen LogP contribution is -2.79. The molecule has 0 radical (unpaired) electrons. The highest BCUT2D eigenvalue weighted by atomic mass is 32.2. The molecule has 2 saturated heterocycles. The van der Waals surface area contributed by atoms with Gasteiger partial charge in [-0.2, -0.15) is 21.6 Å². The first-order valence-corrected chi connectivity index (χ1v) is 26.1. The molecule has 2 aliphatic heterocycles. The summed E-state index contributed by atoms with van der Waals surface area (Å²) < 4.78 is 120. The Labute approximate surface area is 435 Å². The smallest absolute Gasteiger partial charge is 0.390 e. The Balaban J connectivity index is 1.31. The lowest BCUT2D eigenvalue weighted by Gasteiger charge is -2.60. The minimum Gasteiger partial charge on any atom is -0.390 e. The second-order valence-corrected chi connectivity index (χ2v) is 20.5. The summed E-state index contributed by atoms with van der Waals surface area (Å²) >= 11 is 0. The Kier molecular flexibility index (Phi) is 18.8. The van der Waals surface area contributed by atoms with Crippen molar-refractivity contribution in [2.45, 2.75) is 111 Å². The van der Waals surface area contributed by atoms with Crippen LogP contribution in [-0.2, 0) is 86.5 Å². The number of methoxy groups -OCH3 is 2. The highest BCUT2D eigenvalue weighted by Gasteiger charge is 2.69. The molecule has 75 heavy (non-hydrogen) atoms. The van der Waals surface area contributed by atoms with E-state index in [1.165, 1.54) is 14.2 Å². The van der Waals surface area contributed by atoms with E-state index in [0.29, 0.717) is 16.7 Å². The van der Waals surface area contributed by atoms with Crippen LogP contribution in [0.1, 0.15) is 33.4 Å². The highest BCUT2D eigenvalue weighted by Crippen LogP contribution is 2.50. The molecule has 0 aliphatic carbocycles. The Morgan fingerprint density at radius 2 is 0.947 bits per heavy atom. The molecular weight excluding hydrogens is 994 g/mol. The number of aliphatic hydroxyl groups is 3. The van der Waals surface area contributed by atoms with Crippen LogP contribution in [0.2, 0.25) is 0 Å². The quantitative estimate of drug-likeness (QED) is 0.0419. The monoisotopic (exact) mass is 1060 g/mol. The lowest BCUT2D eigenvalue weighted by molar-refractivity contribution is -0.366. The van der Waals surface area contributed by atoms with Gasteiger partial charge in [-0.3, -0.25) is 4.18 Å². The molecule has 2 unspecified atom stereocenters. The number of ether oxygens (including phenoxy) is 7. The maximum absolute atomic E-state index is 14.2. The third-order valence-electron chi connectivity index (χ3n) is 14.0. The Morgan fingerprint density at radius 3 is 1.37 bits per heavy atom. The average molecular weight is 1060 g/mol. The second kappa shape index (κ2) is 25.2. The van der Waals surface area contributed by atoms with Crippen LogP contribution >= 0.6 is 0 Å². The molecule has 2 aliphatic rings. The first-order chi connectivity index (χ1) is 36.1. The summed E-state index contributed by atoms with van der Waals surface area (Å²) in [6.45, 7) is -1.21. The van der Waals surface area contributed by atoms with Crippen LogP contribution in [0.5, 0.6) is 0 Å². The summed E-state index contributed by atoms with van der Waals surface area (Å²) in [5.41, 5.74) is -7.41.